The number of hydrazine groups is 1. The SMILES string of the molecule is CC1NN(C)C(=O)C1O. The van der Waals surface area contributed by atoms with Gasteiger partial charge in [0.15, 0.2) is 6.10 Å². The summed E-state index contributed by atoms with van der Waals surface area (Å²) >= 11 is 0. The standard InChI is InChI=1S/C5H10N2O2/c1-3-4(8)5(9)7(2)6-3/h3-4,6,8H,1-2H3. The number of hydrogen-bond donors (Lipinski definition) is 2. The van der Waals surface area contributed by atoms with E-state index < -0.39 is 6.10 Å². The summed E-state index contributed by atoms with van der Waals surface area (Å²) in [7, 11) is 1.59. The number of carbonyl (C=O) groups excluding carboxylic acids is 1. The quantitative estimate of drug-likeness (QED) is 0.429. The average molecular weight is 130 g/mol. The first-order valence-electron chi connectivity index (χ1n) is 2.84. The van der Waals surface area contributed by atoms with Crippen LogP contribution in [0.4, 0.5) is 0 Å². The van der Waals surface area contributed by atoms with Crippen molar-refractivity contribution >= 4 is 5.91 Å². The molecule has 0 bridgehead atoms. The molecule has 2 unspecified atom stereocenters. The van der Waals surface area contributed by atoms with E-state index in [-0.39, 0.29) is 11.9 Å². The normalized spacial score (nSPS) is 35.9. The molecule has 4 heteroatoms. The van der Waals surface area contributed by atoms with E-state index in [2.05, 4.69) is 5.43 Å². The lowest BCUT2D eigenvalue weighted by Crippen LogP contribution is -2.32. The van der Waals surface area contributed by atoms with Gasteiger partial charge in [-0.1, -0.05) is 0 Å². The van der Waals surface area contributed by atoms with Crippen LogP contribution in [-0.2, 0) is 4.79 Å². The molecule has 0 aromatic rings. The average Bonchev–Trinajstić information content (AvgIpc) is 1.98. The topological polar surface area (TPSA) is 52.6 Å². The summed E-state index contributed by atoms with van der Waals surface area (Å²) < 4.78 is 0. The van der Waals surface area contributed by atoms with E-state index in [0.717, 1.165) is 0 Å². The van der Waals surface area contributed by atoms with Gasteiger partial charge in [-0.2, -0.15) is 0 Å². The summed E-state index contributed by atoms with van der Waals surface area (Å²) in [6, 6.07) is -0.150. The number of rotatable bonds is 0. The fourth-order valence-electron chi connectivity index (χ4n) is 0.852. The van der Waals surface area contributed by atoms with Crippen LogP contribution in [0.5, 0.6) is 0 Å². The summed E-state index contributed by atoms with van der Waals surface area (Å²) in [6.07, 6.45) is -0.866. The fraction of sp³-hybridized carbons (Fsp3) is 0.800. The number of aliphatic hydroxyl groups is 1. The van der Waals surface area contributed by atoms with Crippen LogP contribution in [0, 0.1) is 0 Å². The van der Waals surface area contributed by atoms with Crippen LogP contribution in [0.2, 0.25) is 0 Å². The Labute approximate surface area is 53.4 Å². The van der Waals surface area contributed by atoms with E-state index in [1.807, 2.05) is 0 Å². The van der Waals surface area contributed by atoms with Crippen LogP contribution in [0.1, 0.15) is 6.92 Å². The van der Waals surface area contributed by atoms with Crippen LogP contribution < -0.4 is 5.43 Å². The van der Waals surface area contributed by atoms with Gasteiger partial charge in [-0.15, -0.1) is 0 Å². The molecule has 1 aliphatic heterocycles. The fourth-order valence-corrected chi connectivity index (χ4v) is 0.852. The number of likely N-dealkylation sites (N-methyl/N-ethyl adjacent to an activating group) is 1. The van der Waals surface area contributed by atoms with Gasteiger partial charge in [0.2, 0.25) is 0 Å². The van der Waals surface area contributed by atoms with Crippen molar-refractivity contribution in [2.45, 2.75) is 19.1 Å². The van der Waals surface area contributed by atoms with E-state index in [9.17, 15) is 4.79 Å². The molecule has 1 heterocycles. The highest BCUT2D eigenvalue weighted by molar-refractivity contribution is 5.82. The highest BCUT2D eigenvalue weighted by Crippen LogP contribution is 2.04. The largest absolute Gasteiger partial charge is 0.381 e. The Morgan fingerprint density at radius 2 is 2.33 bits per heavy atom. The lowest BCUT2D eigenvalue weighted by Gasteiger charge is -2.06. The van der Waals surface area contributed by atoms with Gasteiger partial charge in [-0.05, 0) is 6.92 Å². The molecule has 2 atom stereocenters. The Kier molecular flexibility index (Phi) is 1.42. The maximum Gasteiger partial charge on any atom is 0.266 e. The third-order valence-electron chi connectivity index (χ3n) is 1.45. The summed E-state index contributed by atoms with van der Waals surface area (Å²) in [5, 5.41) is 10.3. The van der Waals surface area contributed by atoms with Gasteiger partial charge >= 0.3 is 0 Å². The van der Waals surface area contributed by atoms with Gasteiger partial charge in [0.25, 0.3) is 5.91 Å². The molecule has 9 heavy (non-hydrogen) atoms. The number of hydrogen-bond acceptors (Lipinski definition) is 3. The second-order valence-electron chi connectivity index (χ2n) is 2.26. The lowest BCUT2D eigenvalue weighted by molar-refractivity contribution is -0.134. The molecule has 1 saturated heterocycles. The predicted molar refractivity (Wildman–Crippen MR) is 31.4 cm³/mol. The van der Waals surface area contributed by atoms with Crippen LogP contribution in [0.3, 0.4) is 0 Å². The molecule has 1 amide bonds. The first-order valence-corrected chi connectivity index (χ1v) is 2.84. The molecule has 0 spiro atoms. The van der Waals surface area contributed by atoms with Crippen LogP contribution in [0.15, 0.2) is 0 Å². The molecule has 1 aliphatic rings. The van der Waals surface area contributed by atoms with E-state index in [0.29, 0.717) is 0 Å². The minimum Gasteiger partial charge on any atom is -0.381 e. The minimum absolute atomic E-state index is 0.150. The Morgan fingerprint density at radius 3 is 2.44 bits per heavy atom. The van der Waals surface area contributed by atoms with Crippen LogP contribution in [-0.4, -0.2) is 35.2 Å². The van der Waals surface area contributed by atoms with Crippen molar-refractivity contribution in [3.63, 3.8) is 0 Å². The molecule has 1 rings (SSSR count). The molecule has 4 nitrogen and oxygen atoms in total. The van der Waals surface area contributed by atoms with Crippen LogP contribution >= 0.6 is 0 Å². The summed E-state index contributed by atoms with van der Waals surface area (Å²) in [5.41, 5.74) is 2.75. The first kappa shape index (κ1) is 6.51. The summed E-state index contributed by atoms with van der Waals surface area (Å²) in [4.78, 5) is 10.7. The van der Waals surface area contributed by atoms with Gasteiger partial charge < -0.3 is 5.11 Å². The molecule has 0 aliphatic carbocycles. The third kappa shape index (κ3) is 0.906. The Bertz CT molecular complexity index is 137. The molecule has 0 aromatic heterocycles. The van der Waals surface area contributed by atoms with Gasteiger partial charge in [-0.25, -0.2) is 5.43 Å². The van der Waals surface area contributed by atoms with Gasteiger partial charge in [0, 0.05) is 7.05 Å². The molecule has 0 saturated carbocycles. The Morgan fingerprint density at radius 1 is 1.78 bits per heavy atom. The number of amides is 1. The second-order valence-corrected chi connectivity index (χ2v) is 2.26. The van der Waals surface area contributed by atoms with Crippen molar-refractivity contribution in [2.75, 3.05) is 7.05 Å². The van der Waals surface area contributed by atoms with Gasteiger partial charge in [-0.3, -0.25) is 9.80 Å². The summed E-state index contributed by atoms with van der Waals surface area (Å²) in [6.45, 7) is 1.76. The predicted octanol–water partition coefficient (Wildman–Crippen LogP) is -1.29. The zero-order valence-electron chi connectivity index (χ0n) is 5.46. The van der Waals surface area contributed by atoms with Gasteiger partial charge in [0.1, 0.15) is 0 Å². The Balaban J connectivity index is 2.65. The number of carbonyl (C=O) groups is 1. The van der Waals surface area contributed by atoms with Crippen molar-refractivity contribution in [1.29, 1.82) is 0 Å². The lowest BCUT2D eigenvalue weighted by atomic mass is 10.2. The molecular formula is C5H10N2O2. The molecule has 2 N–H and O–H groups in total. The molecular weight excluding hydrogens is 120 g/mol. The molecule has 0 radical (unpaired) electrons. The van der Waals surface area contributed by atoms with E-state index in [4.69, 9.17) is 5.11 Å². The van der Waals surface area contributed by atoms with Crippen molar-refractivity contribution in [1.82, 2.24) is 10.4 Å². The minimum atomic E-state index is -0.866. The Hall–Kier alpha value is -0.610. The zero-order chi connectivity index (χ0) is 7.02. The third-order valence-corrected chi connectivity index (χ3v) is 1.45. The maximum atomic E-state index is 10.7. The summed E-state index contributed by atoms with van der Waals surface area (Å²) in [5.74, 6) is -0.262. The molecule has 0 aromatic carbocycles. The van der Waals surface area contributed by atoms with E-state index >= 15 is 0 Å². The van der Waals surface area contributed by atoms with E-state index in [1.165, 1.54) is 5.01 Å². The van der Waals surface area contributed by atoms with Crippen LogP contribution in [0.25, 0.3) is 0 Å². The van der Waals surface area contributed by atoms with Crippen molar-refractivity contribution in [2.24, 2.45) is 0 Å². The van der Waals surface area contributed by atoms with Crippen molar-refractivity contribution < 1.29 is 9.90 Å². The number of nitrogens with one attached hydrogen (secondary N) is 1. The maximum absolute atomic E-state index is 10.7. The van der Waals surface area contributed by atoms with Gasteiger partial charge in [0.05, 0.1) is 6.04 Å². The second kappa shape index (κ2) is 1.97. The molecule has 52 valence electrons. The molecule has 1 fully saturated rings. The highest BCUT2D eigenvalue weighted by atomic mass is 16.3. The smallest absolute Gasteiger partial charge is 0.266 e. The van der Waals surface area contributed by atoms with Crippen molar-refractivity contribution in [3.05, 3.63) is 0 Å². The first-order chi connectivity index (χ1) is 4.13. The van der Waals surface area contributed by atoms with E-state index in [1.54, 1.807) is 14.0 Å². The van der Waals surface area contributed by atoms with Crippen molar-refractivity contribution in [3.8, 4) is 0 Å². The number of nitrogens with zero attached hydrogens (tertiary/aromatic N) is 1. The number of aliphatic hydroxyl groups excluding tert-OH is 1. The zero-order valence-corrected chi connectivity index (χ0v) is 5.46. The highest BCUT2D eigenvalue weighted by Gasteiger charge is 2.33. The monoisotopic (exact) mass is 130 g/mol.